The van der Waals surface area contributed by atoms with E-state index >= 15 is 0 Å². The average Bonchev–Trinajstić information content (AvgIpc) is 2.91. The molecule has 0 bridgehead atoms. The second kappa shape index (κ2) is 10.6. The maximum absolute atomic E-state index is 13.6. The van der Waals surface area contributed by atoms with Crippen LogP contribution in [0.4, 0.5) is 10.1 Å². The van der Waals surface area contributed by atoms with E-state index in [-0.39, 0.29) is 24.2 Å². The molecule has 1 aliphatic heterocycles. The number of benzene rings is 4. The van der Waals surface area contributed by atoms with Crippen molar-refractivity contribution < 1.29 is 14.0 Å². The molecule has 0 saturated heterocycles. The first-order valence-electron chi connectivity index (χ1n) is 11.5. The molecule has 0 spiro atoms. The summed E-state index contributed by atoms with van der Waals surface area (Å²) in [6.07, 6.45) is 1.87. The van der Waals surface area contributed by atoms with Crippen LogP contribution in [0, 0.1) is 5.82 Å². The summed E-state index contributed by atoms with van der Waals surface area (Å²) in [6, 6.07) is 30.9. The molecule has 0 atom stereocenters. The number of thioether (sulfide) groups is 1. The molecular formula is C30H23FN2O2S. The Morgan fingerprint density at radius 1 is 0.861 bits per heavy atom. The highest BCUT2D eigenvalue weighted by molar-refractivity contribution is 8.04. The van der Waals surface area contributed by atoms with Gasteiger partial charge in [0.2, 0.25) is 0 Å². The highest BCUT2D eigenvalue weighted by Gasteiger charge is 2.30. The van der Waals surface area contributed by atoms with Crippen LogP contribution in [0.3, 0.4) is 0 Å². The molecule has 0 fully saturated rings. The molecule has 0 aromatic heterocycles. The molecule has 4 aromatic carbocycles. The fraction of sp³-hybridized carbons (Fsp3) is 0.0667. The van der Waals surface area contributed by atoms with Gasteiger partial charge in [-0.25, -0.2) is 4.39 Å². The fourth-order valence-corrected chi connectivity index (χ4v) is 5.00. The second-order valence-electron chi connectivity index (χ2n) is 8.39. The number of nitrogens with zero attached hydrogens (tertiary/aromatic N) is 1. The van der Waals surface area contributed by atoms with Gasteiger partial charge in [0.15, 0.2) is 0 Å². The van der Waals surface area contributed by atoms with E-state index in [0.717, 1.165) is 21.6 Å². The molecule has 178 valence electrons. The van der Waals surface area contributed by atoms with Gasteiger partial charge in [-0.05, 0) is 53.1 Å². The molecule has 0 saturated carbocycles. The number of amides is 2. The molecule has 4 nitrogen and oxygen atoms in total. The Hall–Kier alpha value is -4.16. The van der Waals surface area contributed by atoms with Crippen molar-refractivity contribution >= 4 is 35.3 Å². The minimum atomic E-state index is -0.332. The van der Waals surface area contributed by atoms with Crippen molar-refractivity contribution in [2.45, 2.75) is 18.0 Å². The van der Waals surface area contributed by atoms with Crippen molar-refractivity contribution in [2.75, 3.05) is 4.90 Å². The summed E-state index contributed by atoms with van der Waals surface area (Å²) in [5, 5.41) is 2.94. The highest BCUT2D eigenvalue weighted by atomic mass is 32.2. The summed E-state index contributed by atoms with van der Waals surface area (Å²) in [7, 11) is 0. The van der Waals surface area contributed by atoms with Crippen LogP contribution in [-0.4, -0.2) is 11.8 Å². The lowest BCUT2D eigenvalue weighted by molar-refractivity contribution is -0.114. The van der Waals surface area contributed by atoms with Crippen LogP contribution in [-0.2, 0) is 17.9 Å². The van der Waals surface area contributed by atoms with Crippen molar-refractivity contribution in [3.63, 3.8) is 0 Å². The summed E-state index contributed by atoms with van der Waals surface area (Å²) >= 11 is 1.39. The van der Waals surface area contributed by atoms with E-state index in [1.807, 2.05) is 72.8 Å². The van der Waals surface area contributed by atoms with Gasteiger partial charge in [0.1, 0.15) is 5.82 Å². The van der Waals surface area contributed by atoms with Gasteiger partial charge in [-0.2, -0.15) is 0 Å². The van der Waals surface area contributed by atoms with Gasteiger partial charge in [0, 0.05) is 17.0 Å². The zero-order chi connectivity index (χ0) is 24.9. The minimum Gasteiger partial charge on any atom is -0.348 e. The first-order valence-corrected chi connectivity index (χ1v) is 12.4. The minimum absolute atomic E-state index is 0.164. The molecule has 0 radical (unpaired) electrons. The summed E-state index contributed by atoms with van der Waals surface area (Å²) in [4.78, 5) is 29.6. The maximum atomic E-state index is 13.6. The van der Waals surface area contributed by atoms with E-state index in [9.17, 15) is 14.0 Å². The zero-order valence-corrected chi connectivity index (χ0v) is 20.2. The van der Waals surface area contributed by atoms with Crippen LogP contribution in [0.2, 0.25) is 0 Å². The molecule has 4 aromatic rings. The normalized spacial score (nSPS) is 14.0. The lowest BCUT2D eigenvalue weighted by Crippen LogP contribution is -2.34. The van der Waals surface area contributed by atoms with Gasteiger partial charge in [0.05, 0.1) is 17.1 Å². The first-order chi connectivity index (χ1) is 17.6. The van der Waals surface area contributed by atoms with Gasteiger partial charge < -0.3 is 10.2 Å². The van der Waals surface area contributed by atoms with Crippen LogP contribution < -0.4 is 10.2 Å². The molecular weight excluding hydrogens is 471 g/mol. The molecule has 1 aliphatic rings. The Morgan fingerprint density at radius 3 is 2.28 bits per heavy atom. The van der Waals surface area contributed by atoms with Crippen LogP contribution in [0.15, 0.2) is 113 Å². The monoisotopic (exact) mass is 494 g/mol. The number of hydrogen-bond donors (Lipinski definition) is 1. The Kier molecular flexibility index (Phi) is 6.96. The van der Waals surface area contributed by atoms with Gasteiger partial charge in [-0.1, -0.05) is 84.6 Å². The van der Waals surface area contributed by atoms with E-state index in [2.05, 4.69) is 5.32 Å². The number of anilines is 1. The predicted octanol–water partition coefficient (Wildman–Crippen LogP) is 6.44. The van der Waals surface area contributed by atoms with Crippen LogP contribution in [0.1, 0.15) is 27.0 Å². The van der Waals surface area contributed by atoms with E-state index in [1.165, 1.54) is 23.9 Å². The van der Waals surface area contributed by atoms with Gasteiger partial charge in [-0.3, -0.25) is 9.59 Å². The maximum Gasteiger partial charge on any atom is 0.265 e. The Labute approximate surface area is 213 Å². The number of hydrogen-bond acceptors (Lipinski definition) is 3. The topological polar surface area (TPSA) is 49.4 Å². The summed E-state index contributed by atoms with van der Waals surface area (Å²) in [5.74, 6) is -0.712. The predicted molar refractivity (Wildman–Crippen MR) is 142 cm³/mol. The standard InChI is InChI=1S/C30H23FN2O2S/c31-25-14-11-23(12-15-25)20-33-26-18-24(29(34)32-19-22-9-5-2-6-10-22)13-16-27(26)36-28(30(33)35)17-21-7-3-1-4-8-21/h1-18H,19-20H2,(H,32,34). The SMILES string of the molecule is O=C(NCc1ccccc1)c1ccc2c(c1)N(Cc1ccc(F)cc1)C(=O)C(=Cc1ccccc1)S2. The average molecular weight is 495 g/mol. The number of nitrogens with one attached hydrogen (secondary N) is 1. The smallest absolute Gasteiger partial charge is 0.265 e. The Morgan fingerprint density at radius 2 is 1.56 bits per heavy atom. The van der Waals surface area contributed by atoms with Crippen molar-refractivity contribution in [3.8, 4) is 0 Å². The Bertz CT molecular complexity index is 1420. The lowest BCUT2D eigenvalue weighted by Gasteiger charge is -2.31. The second-order valence-corrected chi connectivity index (χ2v) is 9.47. The molecule has 0 unspecified atom stereocenters. The Balaban J connectivity index is 1.47. The highest BCUT2D eigenvalue weighted by Crippen LogP contribution is 2.43. The molecule has 2 amide bonds. The summed E-state index contributed by atoms with van der Waals surface area (Å²) < 4.78 is 13.5. The largest absolute Gasteiger partial charge is 0.348 e. The van der Waals surface area contributed by atoms with Crippen LogP contribution in [0.25, 0.3) is 6.08 Å². The van der Waals surface area contributed by atoms with Gasteiger partial charge in [0.25, 0.3) is 11.8 Å². The molecule has 5 rings (SSSR count). The van der Waals surface area contributed by atoms with Gasteiger partial charge >= 0.3 is 0 Å². The third-order valence-electron chi connectivity index (χ3n) is 5.83. The van der Waals surface area contributed by atoms with E-state index in [4.69, 9.17) is 0 Å². The number of halogens is 1. The molecule has 1 N–H and O–H groups in total. The number of carbonyl (C=O) groups excluding carboxylic acids is 2. The van der Waals surface area contributed by atoms with E-state index in [0.29, 0.717) is 22.7 Å². The lowest BCUT2D eigenvalue weighted by atomic mass is 10.1. The van der Waals surface area contributed by atoms with Crippen molar-refractivity contribution in [1.29, 1.82) is 0 Å². The fourth-order valence-electron chi connectivity index (χ4n) is 3.96. The number of carbonyl (C=O) groups is 2. The van der Waals surface area contributed by atoms with Crippen LogP contribution >= 0.6 is 11.8 Å². The van der Waals surface area contributed by atoms with Crippen molar-refractivity contribution in [1.82, 2.24) is 5.32 Å². The van der Waals surface area contributed by atoms with Crippen LogP contribution in [0.5, 0.6) is 0 Å². The molecule has 0 aliphatic carbocycles. The van der Waals surface area contributed by atoms with E-state index in [1.54, 1.807) is 29.2 Å². The van der Waals surface area contributed by atoms with Gasteiger partial charge in [-0.15, -0.1) is 0 Å². The quantitative estimate of drug-likeness (QED) is 0.314. The summed E-state index contributed by atoms with van der Waals surface area (Å²) in [6.45, 7) is 0.668. The van der Waals surface area contributed by atoms with Crippen molar-refractivity contribution in [2.24, 2.45) is 0 Å². The third kappa shape index (κ3) is 5.39. The number of rotatable bonds is 6. The van der Waals surface area contributed by atoms with Crippen molar-refractivity contribution in [3.05, 3.63) is 136 Å². The van der Waals surface area contributed by atoms with E-state index < -0.39 is 0 Å². The molecule has 6 heteroatoms. The first kappa shape index (κ1) is 23.6. The third-order valence-corrected chi connectivity index (χ3v) is 6.91. The zero-order valence-electron chi connectivity index (χ0n) is 19.4. The summed E-state index contributed by atoms with van der Waals surface area (Å²) in [5.41, 5.74) is 3.85. The number of fused-ring (bicyclic) bond motifs is 1. The molecule has 1 heterocycles. The molecule has 36 heavy (non-hydrogen) atoms.